The first kappa shape index (κ1) is 15.0. The highest BCUT2D eigenvalue weighted by Gasteiger charge is 2.15. The molecule has 0 N–H and O–H groups in total. The summed E-state index contributed by atoms with van der Waals surface area (Å²) in [6, 6.07) is 14.1. The fourth-order valence-electron chi connectivity index (χ4n) is 2.11. The number of ether oxygens (including phenoxy) is 1. The van der Waals surface area contributed by atoms with E-state index in [2.05, 4.69) is 20.8 Å². The van der Waals surface area contributed by atoms with Crippen molar-refractivity contribution >= 4 is 5.69 Å². The van der Waals surface area contributed by atoms with E-state index in [0.717, 1.165) is 6.42 Å². The summed E-state index contributed by atoms with van der Waals surface area (Å²) in [7, 11) is 0. The predicted octanol–water partition coefficient (Wildman–Crippen LogP) is 4.98. The molecule has 0 bridgehead atoms. The SMILES string of the molecule is CC(C)(C)Cc1ccc(Oc2ccccc2[N+](=O)[O-])cc1. The zero-order chi connectivity index (χ0) is 15.5. The van der Waals surface area contributed by atoms with E-state index in [-0.39, 0.29) is 16.9 Å². The molecule has 0 saturated heterocycles. The van der Waals surface area contributed by atoms with Crippen LogP contribution in [-0.4, -0.2) is 4.92 Å². The molecule has 2 rings (SSSR count). The van der Waals surface area contributed by atoms with Gasteiger partial charge < -0.3 is 4.74 Å². The van der Waals surface area contributed by atoms with Crippen molar-refractivity contribution in [3.8, 4) is 11.5 Å². The van der Waals surface area contributed by atoms with Crippen LogP contribution in [0.15, 0.2) is 48.5 Å². The second kappa shape index (κ2) is 5.95. The lowest BCUT2D eigenvalue weighted by atomic mass is 9.88. The van der Waals surface area contributed by atoms with Crippen LogP contribution in [0.2, 0.25) is 0 Å². The van der Waals surface area contributed by atoms with Crippen LogP contribution < -0.4 is 4.74 Å². The second-order valence-electron chi connectivity index (χ2n) is 6.21. The van der Waals surface area contributed by atoms with Gasteiger partial charge in [-0.3, -0.25) is 10.1 Å². The third-order valence-corrected chi connectivity index (χ3v) is 2.95. The van der Waals surface area contributed by atoms with Crippen LogP contribution in [0.3, 0.4) is 0 Å². The number of benzene rings is 2. The standard InChI is InChI=1S/C17H19NO3/c1-17(2,3)12-13-8-10-14(11-9-13)21-16-7-5-4-6-15(16)18(19)20/h4-11H,12H2,1-3H3. The Bertz CT molecular complexity index is 627. The minimum absolute atomic E-state index is 0.0312. The topological polar surface area (TPSA) is 52.4 Å². The van der Waals surface area contributed by atoms with Gasteiger partial charge in [0.1, 0.15) is 5.75 Å². The summed E-state index contributed by atoms with van der Waals surface area (Å²) in [5.74, 6) is 0.855. The van der Waals surface area contributed by atoms with Gasteiger partial charge in [0.25, 0.3) is 0 Å². The molecule has 4 nitrogen and oxygen atoms in total. The number of hydrogen-bond acceptors (Lipinski definition) is 3. The van der Waals surface area contributed by atoms with E-state index >= 15 is 0 Å². The van der Waals surface area contributed by atoms with E-state index in [1.807, 2.05) is 24.3 Å². The van der Waals surface area contributed by atoms with Crippen molar-refractivity contribution in [2.45, 2.75) is 27.2 Å². The van der Waals surface area contributed by atoms with Gasteiger partial charge in [-0.2, -0.15) is 0 Å². The molecule has 0 atom stereocenters. The monoisotopic (exact) mass is 285 g/mol. The van der Waals surface area contributed by atoms with E-state index in [0.29, 0.717) is 5.75 Å². The second-order valence-corrected chi connectivity index (χ2v) is 6.21. The van der Waals surface area contributed by atoms with Crippen molar-refractivity contribution in [2.24, 2.45) is 5.41 Å². The molecule has 2 aromatic carbocycles. The Labute approximate surface area is 124 Å². The van der Waals surface area contributed by atoms with E-state index < -0.39 is 4.92 Å². The highest BCUT2D eigenvalue weighted by molar-refractivity contribution is 5.48. The molecule has 0 fully saturated rings. The van der Waals surface area contributed by atoms with E-state index in [9.17, 15) is 10.1 Å². The highest BCUT2D eigenvalue weighted by atomic mass is 16.6. The Morgan fingerprint density at radius 1 is 1.05 bits per heavy atom. The molecule has 2 aromatic rings. The predicted molar refractivity (Wildman–Crippen MR) is 82.8 cm³/mol. The van der Waals surface area contributed by atoms with Crippen LogP contribution in [0, 0.1) is 15.5 Å². The van der Waals surface area contributed by atoms with Gasteiger partial charge in [0.2, 0.25) is 5.75 Å². The van der Waals surface area contributed by atoms with E-state index in [4.69, 9.17) is 4.74 Å². The molecule has 0 radical (unpaired) electrons. The number of rotatable bonds is 4. The highest BCUT2D eigenvalue weighted by Crippen LogP contribution is 2.31. The summed E-state index contributed by atoms with van der Waals surface area (Å²) in [5.41, 5.74) is 1.41. The fourth-order valence-corrected chi connectivity index (χ4v) is 2.11. The van der Waals surface area contributed by atoms with Gasteiger partial charge in [0.05, 0.1) is 4.92 Å². The quantitative estimate of drug-likeness (QED) is 0.588. The van der Waals surface area contributed by atoms with Gasteiger partial charge in [-0.15, -0.1) is 0 Å². The average Bonchev–Trinajstić information content (AvgIpc) is 2.40. The minimum Gasteiger partial charge on any atom is -0.450 e. The Morgan fingerprint density at radius 2 is 1.67 bits per heavy atom. The molecule has 0 aliphatic carbocycles. The van der Waals surface area contributed by atoms with E-state index in [1.54, 1.807) is 18.2 Å². The molecule has 0 heterocycles. The summed E-state index contributed by atoms with van der Waals surface area (Å²) in [6.45, 7) is 6.56. The molecular formula is C17H19NO3. The van der Waals surface area contributed by atoms with Gasteiger partial charge in [-0.05, 0) is 35.6 Å². The van der Waals surface area contributed by atoms with Crippen molar-refractivity contribution in [2.75, 3.05) is 0 Å². The Kier molecular flexibility index (Phi) is 4.26. The van der Waals surface area contributed by atoms with Gasteiger partial charge in [0, 0.05) is 6.07 Å². The van der Waals surface area contributed by atoms with Gasteiger partial charge >= 0.3 is 5.69 Å². The summed E-state index contributed by atoms with van der Waals surface area (Å²) in [5, 5.41) is 10.9. The number of nitrogens with zero attached hydrogens (tertiary/aromatic N) is 1. The Balaban J connectivity index is 2.16. The van der Waals surface area contributed by atoms with Crippen LogP contribution in [0.1, 0.15) is 26.3 Å². The number of para-hydroxylation sites is 2. The van der Waals surface area contributed by atoms with Gasteiger partial charge in [-0.25, -0.2) is 0 Å². The molecule has 0 spiro atoms. The first-order chi connectivity index (χ1) is 9.85. The molecule has 21 heavy (non-hydrogen) atoms. The molecular weight excluding hydrogens is 266 g/mol. The first-order valence-electron chi connectivity index (χ1n) is 6.85. The number of hydrogen-bond donors (Lipinski definition) is 0. The van der Waals surface area contributed by atoms with Crippen molar-refractivity contribution in [1.29, 1.82) is 0 Å². The average molecular weight is 285 g/mol. The third kappa shape index (κ3) is 4.31. The minimum atomic E-state index is -0.441. The summed E-state index contributed by atoms with van der Waals surface area (Å²) < 4.78 is 5.61. The molecule has 0 amide bonds. The molecule has 0 unspecified atom stereocenters. The van der Waals surface area contributed by atoms with Crippen LogP contribution in [-0.2, 0) is 6.42 Å². The zero-order valence-corrected chi connectivity index (χ0v) is 12.5. The summed E-state index contributed by atoms with van der Waals surface area (Å²) >= 11 is 0. The third-order valence-electron chi connectivity index (χ3n) is 2.95. The van der Waals surface area contributed by atoms with Crippen molar-refractivity contribution in [3.05, 3.63) is 64.2 Å². The van der Waals surface area contributed by atoms with E-state index in [1.165, 1.54) is 11.6 Å². The smallest absolute Gasteiger partial charge is 0.311 e. The van der Waals surface area contributed by atoms with Crippen molar-refractivity contribution in [3.63, 3.8) is 0 Å². The lowest BCUT2D eigenvalue weighted by molar-refractivity contribution is -0.385. The maximum absolute atomic E-state index is 10.9. The Morgan fingerprint density at radius 3 is 2.24 bits per heavy atom. The van der Waals surface area contributed by atoms with Crippen LogP contribution >= 0.6 is 0 Å². The molecule has 4 heteroatoms. The molecule has 110 valence electrons. The summed E-state index contributed by atoms with van der Waals surface area (Å²) in [4.78, 5) is 10.5. The maximum Gasteiger partial charge on any atom is 0.311 e. The van der Waals surface area contributed by atoms with Crippen LogP contribution in [0.4, 0.5) is 5.69 Å². The lowest BCUT2D eigenvalue weighted by Gasteiger charge is -2.18. The fraction of sp³-hybridized carbons (Fsp3) is 0.294. The largest absolute Gasteiger partial charge is 0.450 e. The molecule has 0 aliphatic rings. The molecule has 0 aromatic heterocycles. The molecule has 0 aliphatic heterocycles. The van der Waals surface area contributed by atoms with Gasteiger partial charge in [0.15, 0.2) is 0 Å². The lowest BCUT2D eigenvalue weighted by Crippen LogP contribution is -2.08. The van der Waals surface area contributed by atoms with Crippen molar-refractivity contribution < 1.29 is 9.66 Å². The van der Waals surface area contributed by atoms with Gasteiger partial charge in [-0.1, -0.05) is 45.0 Å². The number of nitro groups is 1. The first-order valence-corrected chi connectivity index (χ1v) is 6.85. The normalized spacial score (nSPS) is 11.2. The number of nitro benzene ring substituents is 1. The molecule has 0 saturated carbocycles. The Hall–Kier alpha value is -2.36. The van der Waals surface area contributed by atoms with Crippen LogP contribution in [0.5, 0.6) is 11.5 Å². The van der Waals surface area contributed by atoms with Crippen LogP contribution in [0.25, 0.3) is 0 Å². The zero-order valence-electron chi connectivity index (χ0n) is 12.5. The maximum atomic E-state index is 10.9. The van der Waals surface area contributed by atoms with Crippen molar-refractivity contribution in [1.82, 2.24) is 0 Å². The summed E-state index contributed by atoms with van der Waals surface area (Å²) in [6.07, 6.45) is 0.971.